The fraction of sp³-hybridized carbons (Fsp3) is 0.261. The quantitative estimate of drug-likeness (QED) is 0.0210. The number of benzene rings is 4. The zero-order valence-corrected chi connectivity index (χ0v) is 79.8. The molecule has 0 fully saturated rings. The topological polar surface area (TPSA) is 250 Å². The Hall–Kier alpha value is -9.93. The van der Waals surface area contributed by atoms with Crippen molar-refractivity contribution in [3.05, 3.63) is 346 Å². The Morgan fingerprint density at radius 2 is 0.740 bits per heavy atom. The van der Waals surface area contributed by atoms with E-state index in [2.05, 4.69) is 120 Å². The van der Waals surface area contributed by atoms with Crippen molar-refractivity contribution in [2.45, 2.75) is 113 Å². The van der Waals surface area contributed by atoms with Crippen molar-refractivity contribution in [2.24, 2.45) is 21.7 Å². The molecule has 2 N–H and O–H groups in total. The van der Waals surface area contributed by atoms with Crippen LogP contribution >= 0.6 is 83.1 Å². The summed E-state index contributed by atoms with van der Waals surface area (Å²) in [5.41, 5.74) is 10.3. The number of halogens is 6. The normalized spacial score (nSPS) is 12.3. The molecule has 0 aliphatic heterocycles. The van der Waals surface area contributed by atoms with Gasteiger partial charge in [-0.2, -0.15) is 0 Å². The van der Waals surface area contributed by atoms with E-state index in [1.165, 1.54) is 43.1 Å². The van der Waals surface area contributed by atoms with Crippen LogP contribution in [0.1, 0.15) is 148 Å². The molecule has 0 aliphatic carbocycles. The number of aldehydes is 1. The molecule has 0 saturated heterocycles. The number of imidazole rings is 3. The predicted octanol–water partition coefficient (Wildman–Crippen LogP) is 23.9. The molecule has 0 bridgehead atoms. The van der Waals surface area contributed by atoms with Crippen molar-refractivity contribution in [3.63, 3.8) is 0 Å². The molecular weight excluding hydrogens is 1770 g/mol. The number of thiazole rings is 2. The van der Waals surface area contributed by atoms with Gasteiger partial charge in [0.1, 0.15) is 10.3 Å². The molecule has 4 unspecified atom stereocenters. The van der Waals surface area contributed by atoms with Gasteiger partial charge in [0, 0.05) is 88.9 Å². The number of nitrogens with zero attached hydrogens (tertiary/aromatic N) is 10. The van der Waals surface area contributed by atoms with Crippen LogP contribution in [0.2, 0.25) is 29.9 Å². The molecule has 10 aromatic heterocycles. The monoisotopic (exact) mass is 1870 g/mol. The zero-order chi connectivity index (χ0) is 89.9. The van der Waals surface area contributed by atoms with Gasteiger partial charge < -0.3 is 42.5 Å². The van der Waals surface area contributed by atoms with E-state index < -0.39 is 42.3 Å². The van der Waals surface area contributed by atoms with Crippen molar-refractivity contribution in [3.8, 4) is 0 Å². The molecule has 21 nitrogen and oxygen atoms in total. The number of esters is 2. The van der Waals surface area contributed by atoms with Gasteiger partial charge in [-0.05, 0) is 142 Å². The summed E-state index contributed by atoms with van der Waals surface area (Å²) in [6.07, 6.45) is 24.2. The summed E-state index contributed by atoms with van der Waals surface area (Å²) in [7, 11) is 23.1. The maximum atomic E-state index is 13.2. The molecule has 4 aromatic carbocycles. The maximum absolute atomic E-state index is 13.2. The van der Waals surface area contributed by atoms with Gasteiger partial charge >= 0.3 is 61.5 Å². The first-order chi connectivity index (χ1) is 58.3. The van der Waals surface area contributed by atoms with Crippen LogP contribution in [0.3, 0.4) is 0 Å². The van der Waals surface area contributed by atoms with Gasteiger partial charge in [0.05, 0.1) is 97.1 Å². The molecule has 2 amide bonds. The van der Waals surface area contributed by atoms with E-state index in [0.29, 0.717) is 32.1 Å². The van der Waals surface area contributed by atoms with E-state index >= 15 is 0 Å². The second-order valence-electron chi connectivity index (χ2n) is 31.5. The first-order valence-corrected chi connectivity index (χ1v) is 53.2. The van der Waals surface area contributed by atoms with Gasteiger partial charge in [0.25, 0.3) is 5.95 Å². The standard InChI is InChI=1S/2C21H20N4OS.C19H20N2O2.C17H18ClNO2.C8H18O2Si.C6H4ClNO.4ClH.Ti/c2*1-21(2,19(26)24-20-23-10-11-27-20)18(15-6-4-3-5-7-15)16-8-9-17-12-22-14-25(17)13-16;1-19(2,18(22)23-3)17(14-7-5-4-6-8-14)15-9-10-16-11-20-13-21(16)12-15;1-17(2,16(20)21-3)15(12-7-5-4-6-8-12)13-9-10-14(18)19-11-13;1-7(2)8(9-3)10-11(4,5)6;7-6-2-1-5(4-9)3-8-6;;;;;/h2*3-14,18H,1-2H3,(H,23,24,26);4-13,17H,1-3H3;4-11,15H,1-3H3;1-6H3;1-4H;4*1H;/q;;;;;;;;;;+4/p-4. The van der Waals surface area contributed by atoms with Crippen molar-refractivity contribution < 1.29 is 55.0 Å². The van der Waals surface area contributed by atoms with E-state index in [1.54, 1.807) is 62.9 Å². The third kappa shape index (κ3) is 28.6. The average Bonchev–Trinajstić information content (AvgIpc) is 1.75. The molecular formula is C92H100Cl6N12O9S2SiTi. The minimum atomic E-state index is -3.11. The second kappa shape index (κ2) is 45.6. The third-order valence-electron chi connectivity index (χ3n) is 19.6. The molecule has 4 atom stereocenters. The molecule has 14 aromatic rings. The molecule has 123 heavy (non-hydrogen) atoms. The summed E-state index contributed by atoms with van der Waals surface area (Å²) in [4.78, 5) is 89.7. The fourth-order valence-corrected chi connectivity index (χ4v) is 15.9. The zero-order valence-electron chi connectivity index (χ0n) is 71.1. The Morgan fingerprint density at radius 3 is 1.00 bits per heavy atom. The van der Waals surface area contributed by atoms with Gasteiger partial charge in [-0.1, -0.05) is 196 Å². The number of methoxy groups -OCH3 is 3. The number of fused-ring (bicyclic) bond motifs is 3. The molecule has 10 heterocycles. The predicted molar refractivity (Wildman–Crippen MR) is 496 cm³/mol. The van der Waals surface area contributed by atoms with E-state index in [9.17, 15) is 24.0 Å². The van der Waals surface area contributed by atoms with Crippen LogP contribution in [0.5, 0.6) is 0 Å². The van der Waals surface area contributed by atoms with Crippen molar-refractivity contribution in [1.29, 1.82) is 0 Å². The van der Waals surface area contributed by atoms with Gasteiger partial charge in [-0.25, -0.2) is 34.9 Å². The number of nitrogens with one attached hydrogen (secondary N) is 2. The Kier molecular flexibility index (Phi) is 36.5. The average molecular weight is 1870 g/mol. The Balaban J connectivity index is 0.000000187. The summed E-state index contributed by atoms with van der Waals surface area (Å²) in [6, 6.07) is 59.3. The van der Waals surface area contributed by atoms with Crippen molar-refractivity contribution >= 4 is 148 Å². The molecule has 31 heteroatoms. The number of amides is 2. The number of allylic oxidation sites excluding steroid dienone is 1. The summed E-state index contributed by atoms with van der Waals surface area (Å²) in [6.45, 7) is 25.9. The van der Waals surface area contributed by atoms with E-state index in [0.717, 1.165) is 72.9 Å². The van der Waals surface area contributed by atoms with Gasteiger partial charge in [-0.15, -0.1) is 22.7 Å². The minimum absolute atomic E-state index is 0.0583. The van der Waals surface area contributed by atoms with Crippen LogP contribution in [-0.4, -0.2) is 108 Å². The molecule has 644 valence electrons. The third-order valence-corrected chi connectivity index (χ3v) is 22.2. The van der Waals surface area contributed by atoms with Crippen LogP contribution < -0.4 is 10.6 Å². The number of carbonyl (C=O) groups excluding carboxylic acids is 5. The van der Waals surface area contributed by atoms with Gasteiger partial charge in [0.2, 0.25) is 20.1 Å². The molecule has 0 spiro atoms. The number of aromatic nitrogens is 10. The molecule has 0 radical (unpaired) electrons. The van der Waals surface area contributed by atoms with Crippen molar-refractivity contribution in [2.75, 3.05) is 32.0 Å². The van der Waals surface area contributed by atoms with Gasteiger partial charge in [-0.3, -0.25) is 24.0 Å². The second-order valence-corrected chi connectivity index (χ2v) is 53.9. The fourth-order valence-electron chi connectivity index (χ4n) is 13.8. The Morgan fingerprint density at radius 1 is 0.423 bits per heavy atom. The Bertz CT molecular complexity index is 5530. The summed E-state index contributed by atoms with van der Waals surface area (Å²) >= 11 is 11.0. The Labute approximate surface area is 756 Å². The van der Waals surface area contributed by atoms with Crippen LogP contribution in [0.4, 0.5) is 10.3 Å². The molecule has 0 aliphatic rings. The van der Waals surface area contributed by atoms with Crippen LogP contribution in [0, 0.1) is 21.7 Å². The number of carbonyl (C=O) groups is 5. The van der Waals surface area contributed by atoms with Gasteiger partial charge in [0.15, 0.2) is 16.5 Å². The number of ether oxygens (including phenoxy) is 3. The number of rotatable bonds is 22. The van der Waals surface area contributed by atoms with Crippen molar-refractivity contribution in [1.82, 2.24) is 48.1 Å². The van der Waals surface area contributed by atoms with Crippen LogP contribution in [0.15, 0.2) is 285 Å². The number of anilines is 2. The summed E-state index contributed by atoms with van der Waals surface area (Å²) < 4.78 is 26.7. The first-order valence-electron chi connectivity index (χ1n) is 38.7. The van der Waals surface area contributed by atoms with E-state index in [4.69, 9.17) is 79.1 Å². The summed E-state index contributed by atoms with van der Waals surface area (Å²) in [5, 5.41) is 11.7. The SMILES string of the molecule is CC(C)(C(=O)Nc1nccs1)C(c1ccccc1)c1ccc2cncn2c1.CC(C)(C(=O)Nc1nccs1)C(c1ccccc1)c1ccc2cncn2c1.COC(=O)C(C)(C)C(c1ccccc1)c1ccc(Cl)nc1.COC(=O)C(C)(C)C(c1ccccc1)c1ccc2cncn2c1.COC(O[Si](C)(C)C)=C(C)C.O=Cc1ccc(Cl)nc1.[Cl][Ti]([Cl])([Cl])[Cl]. The number of hydrogen-bond donors (Lipinski definition) is 2. The van der Waals surface area contributed by atoms with Crippen LogP contribution in [0.25, 0.3) is 16.6 Å². The molecule has 14 rings (SSSR count). The number of hydrogen-bond acceptors (Lipinski definition) is 18. The van der Waals surface area contributed by atoms with Crippen LogP contribution in [-0.2, 0) is 50.2 Å². The van der Waals surface area contributed by atoms with E-state index in [1.807, 2.05) is 239 Å². The first kappa shape index (κ1) is 98.5. The molecule has 0 saturated carbocycles. The number of pyridine rings is 5. The summed E-state index contributed by atoms with van der Waals surface area (Å²) in [5.74, 6) is -0.420. The van der Waals surface area contributed by atoms with E-state index in [-0.39, 0.29) is 47.4 Å².